The van der Waals surface area contributed by atoms with Gasteiger partial charge in [0.05, 0.1) is 19.5 Å². The maximum Gasteiger partial charge on any atom is 0.218 e. The van der Waals surface area contributed by atoms with Gasteiger partial charge in [0.1, 0.15) is 24.4 Å². The second-order valence-corrected chi connectivity index (χ2v) is 4.05. The average Bonchev–Trinajstić information content (AvgIpc) is 2.92. The molecular formula is C11H16O7. The smallest absolute Gasteiger partial charge is 0.218 e. The summed E-state index contributed by atoms with van der Waals surface area (Å²) in [5.41, 5.74) is 0. The Balaban J connectivity index is 2.15. The van der Waals surface area contributed by atoms with Crippen LogP contribution < -0.4 is 0 Å². The lowest BCUT2D eigenvalue weighted by Crippen LogP contribution is -2.54. The highest BCUT2D eigenvalue weighted by Crippen LogP contribution is 2.31. The summed E-state index contributed by atoms with van der Waals surface area (Å²) < 4.78 is 15.8. The van der Waals surface area contributed by atoms with Gasteiger partial charge in [-0.1, -0.05) is 0 Å². The minimum Gasteiger partial charge on any atom is -0.464 e. The van der Waals surface area contributed by atoms with Crippen LogP contribution in [0.5, 0.6) is 0 Å². The number of aliphatic hydroxyl groups is 4. The van der Waals surface area contributed by atoms with E-state index in [1.54, 1.807) is 12.1 Å². The van der Waals surface area contributed by atoms with Crippen molar-refractivity contribution in [3.63, 3.8) is 0 Å². The second kappa shape index (κ2) is 5.79. The maximum atomic E-state index is 9.83. The summed E-state index contributed by atoms with van der Waals surface area (Å²) in [6.07, 6.45) is -3.99. The monoisotopic (exact) mass is 260 g/mol. The summed E-state index contributed by atoms with van der Waals surface area (Å²) in [5.74, 6) is 0.357. The maximum absolute atomic E-state index is 9.83. The Hall–Kier alpha value is -0.960. The molecule has 7 heteroatoms. The molecule has 0 bridgehead atoms. The van der Waals surface area contributed by atoms with Crippen molar-refractivity contribution in [2.75, 3.05) is 13.2 Å². The van der Waals surface area contributed by atoms with E-state index in [2.05, 4.69) is 0 Å². The van der Waals surface area contributed by atoms with E-state index in [0.29, 0.717) is 5.76 Å². The molecule has 0 aromatic carbocycles. The molecule has 0 radical (unpaired) electrons. The molecule has 1 aromatic rings. The molecule has 5 atom stereocenters. The zero-order chi connectivity index (χ0) is 13.1. The highest BCUT2D eigenvalue weighted by molar-refractivity contribution is 5.02. The van der Waals surface area contributed by atoms with E-state index in [4.69, 9.17) is 24.1 Å². The van der Waals surface area contributed by atoms with Crippen molar-refractivity contribution in [3.05, 3.63) is 24.2 Å². The number of ether oxygens (including phenoxy) is 2. The standard InChI is InChI=1S/C11H16O7/c12-4-6(14)10-9(15)8(5-13)17-11(18-10)7-2-1-3-16-7/h1-3,6,8-15H,4-5H2/t6-,8-,9+,10+,11+/m1/s1. The summed E-state index contributed by atoms with van der Waals surface area (Å²) in [5, 5.41) is 37.5. The molecule has 0 spiro atoms. The van der Waals surface area contributed by atoms with Crippen LogP contribution in [0.2, 0.25) is 0 Å². The molecule has 1 fully saturated rings. The van der Waals surface area contributed by atoms with Gasteiger partial charge < -0.3 is 34.3 Å². The highest BCUT2D eigenvalue weighted by atomic mass is 16.7. The largest absolute Gasteiger partial charge is 0.464 e. The SMILES string of the molecule is OC[C@@H](O)[C@@H]1O[C@@H](c2ccco2)O[C@H](CO)[C@@H]1O. The molecule has 102 valence electrons. The Morgan fingerprint density at radius 1 is 1.28 bits per heavy atom. The molecule has 4 N–H and O–H groups in total. The summed E-state index contributed by atoms with van der Waals surface area (Å²) in [6.45, 7) is -0.999. The van der Waals surface area contributed by atoms with Crippen LogP contribution >= 0.6 is 0 Å². The predicted octanol–water partition coefficient (Wildman–Crippen LogP) is -1.23. The molecule has 2 rings (SSSR count). The number of rotatable bonds is 4. The van der Waals surface area contributed by atoms with E-state index in [9.17, 15) is 10.2 Å². The van der Waals surface area contributed by atoms with Crippen molar-refractivity contribution in [2.45, 2.75) is 30.7 Å². The quantitative estimate of drug-likeness (QED) is 0.536. The van der Waals surface area contributed by atoms with Crippen LogP contribution in [-0.4, -0.2) is 58.1 Å². The first-order chi connectivity index (χ1) is 8.67. The highest BCUT2D eigenvalue weighted by Gasteiger charge is 2.42. The van der Waals surface area contributed by atoms with Gasteiger partial charge in [-0.15, -0.1) is 0 Å². The molecule has 2 heterocycles. The lowest BCUT2D eigenvalue weighted by atomic mass is 10.0. The Morgan fingerprint density at radius 2 is 2.06 bits per heavy atom. The normalized spacial score (nSPS) is 34.4. The molecule has 1 aromatic heterocycles. The molecule has 1 aliphatic rings. The van der Waals surface area contributed by atoms with Crippen LogP contribution in [0.3, 0.4) is 0 Å². The lowest BCUT2D eigenvalue weighted by molar-refractivity contribution is -0.315. The van der Waals surface area contributed by atoms with Gasteiger partial charge >= 0.3 is 0 Å². The van der Waals surface area contributed by atoms with Crippen LogP contribution in [0.15, 0.2) is 22.8 Å². The van der Waals surface area contributed by atoms with E-state index in [1.165, 1.54) is 6.26 Å². The zero-order valence-corrected chi connectivity index (χ0v) is 9.55. The van der Waals surface area contributed by atoms with Crippen LogP contribution in [-0.2, 0) is 9.47 Å². The first-order valence-electron chi connectivity index (χ1n) is 5.59. The number of hydrogen-bond acceptors (Lipinski definition) is 7. The molecular weight excluding hydrogens is 244 g/mol. The van der Waals surface area contributed by atoms with Crippen LogP contribution in [0.25, 0.3) is 0 Å². The summed E-state index contributed by atoms with van der Waals surface area (Å²) in [4.78, 5) is 0. The van der Waals surface area contributed by atoms with E-state index in [1.807, 2.05) is 0 Å². The van der Waals surface area contributed by atoms with Gasteiger partial charge in [0.2, 0.25) is 6.29 Å². The molecule has 1 saturated heterocycles. The van der Waals surface area contributed by atoms with Crippen LogP contribution in [0, 0.1) is 0 Å². The Morgan fingerprint density at radius 3 is 2.61 bits per heavy atom. The predicted molar refractivity (Wildman–Crippen MR) is 57.4 cm³/mol. The Labute approximate surface area is 103 Å². The first kappa shape index (κ1) is 13.5. The van der Waals surface area contributed by atoms with Gasteiger partial charge in [-0.05, 0) is 12.1 Å². The Kier molecular flexibility index (Phi) is 4.33. The van der Waals surface area contributed by atoms with Crippen molar-refractivity contribution < 1.29 is 34.3 Å². The van der Waals surface area contributed by atoms with Crippen LogP contribution in [0.4, 0.5) is 0 Å². The average molecular weight is 260 g/mol. The third-order valence-corrected chi connectivity index (χ3v) is 2.82. The topological polar surface area (TPSA) is 113 Å². The summed E-state index contributed by atoms with van der Waals surface area (Å²) >= 11 is 0. The van der Waals surface area contributed by atoms with Gasteiger partial charge in [0, 0.05) is 0 Å². The van der Waals surface area contributed by atoms with Crippen molar-refractivity contribution in [3.8, 4) is 0 Å². The molecule has 1 aliphatic heterocycles. The summed E-state index contributed by atoms with van der Waals surface area (Å²) in [6, 6.07) is 3.25. The van der Waals surface area contributed by atoms with Gasteiger partial charge in [0.15, 0.2) is 5.76 Å². The molecule has 0 saturated carbocycles. The van der Waals surface area contributed by atoms with E-state index in [-0.39, 0.29) is 0 Å². The number of hydrogen-bond donors (Lipinski definition) is 4. The molecule has 0 unspecified atom stereocenters. The van der Waals surface area contributed by atoms with E-state index in [0.717, 1.165) is 0 Å². The third kappa shape index (κ3) is 2.56. The first-order valence-corrected chi connectivity index (χ1v) is 5.59. The van der Waals surface area contributed by atoms with Crippen LogP contribution in [0.1, 0.15) is 12.1 Å². The van der Waals surface area contributed by atoms with Gasteiger partial charge in [0.25, 0.3) is 0 Å². The van der Waals surface area contributed by atoms with Gasteiger partial charge in [-0.25, -0.2) is 0 Å². The van der Waals surface area contributed by atoms with Gasteiger partial charge in [-0.2, -0.15) is 0 Å². The second-order valence-electron chi connectivity index (χ2n) is 4.05. The molecule has 18 heavy (non-hydrogen) atoms. The van der Waals surface area contributed by atoms with Gasteiger partial charge in [-0.3, -0.25) is 0 Å². The number of furan rings is 1. The number of aliphatic hydroxyl groups excluding tert-OH is 4. The van der Waals surface area contributed by atoms with Crippen molar-refractivity contribution >= 4 is 0 Å². The third-order valence-electron chi connectivity index (χ3n) is 2.82. The molecule has 0 aliphatic carbocycles. The van der Waals surface area contributed by atoms with E-state index >= 15 is 0 Å². The Bertz CT molecular complexity index is 352. The minimum absolute atomic E-state index is 0.357. The fraction of sp³-hybridized carbons (Fsp3) is 0.636. The summed E-state index contributed by atoms with van der Waals surface area (Å²) in [7, 11) is 0. The van der Waals surface area contributed by atoms with Crippen molar-refractivity contribution in [2.24, 2.45) is 0 Å². The van der Waals surface area contributed by atoms with Crippen molar-refractivity contribution in [1.29, 1.82) is 0 Å². The fourth-order valence-corrected chi connectivity index (χ4v) is 1.84. The fourth-order valence-electron chi connectivity index (χ4n) is 1.84. The lowest BCUT2D eigenvalue weighted by Gasteiger charge is -2.39. The van der Waals surface area contributed by atoms with E-state index < -0.39 is 43.9 Å². The molecule has 0 amide bonds. The zero-order valence-electron chi connectivity index (χ0n) is 9.55. The minimum atomic E-state index is -1.27. The van der Waals surface area contributed by atoms with Crippen molar-refractivity contribution in [1.82, 2.24) is 0 Å². The molecule has 7 nitrogen and oxygen atoms in total.